The van der Waals surface area contributed by atoms with Crippen LogP contribution in [-0.4, -0.2) is 45.0 Å². The van der Waals surface area contributed by atoms with E-state index in [1.807, 2.05) is 0 Å². The van der Waals surface area contributed by atoms with Gasteiger partial charge in [0.25, 0.3) is 13.4 Å². The van der Waals surface area contributed by atoms with E-state index in [-0.39, 0.29) is 48.1 Å². The van der Waals surface area contributed by atoms with Gasteiger partial charge in [0.05, 0.1) is 19.3 Å². The summed E-state index contributed by atoms with van der Waals surface area (Å²) in [4.78, 5) is 47.4. The number of rotatable bonds is 18. The minimum atomic E-state index is -5.12. The number of unbranched alkanes of at least 4 members (excludes halogenated alkanes) is 9. The number of H-pyrrole nitrogens is 1. The van der Waals surface area contributed by atoms with Crippen LogP contribution in [0.2, 0.25) is 0 Å². The zero-order chi connectivity index (χ0) is 27.5. The van der Waals surface area contributed by atoms with Crippen molar-refractivity contribution >= 4 is 15.6 Å². The summed E-state index contributed by atoms with van der Waals surface area (Å²) in [6.07, 6.45) is 8.38. The van der Waals surface area contributed by atoms with Crippen molar-refractivity contribution in [3.05, 3.63) is 32.6 Å². The van der Waals surface area contributed by atoms with Crippen LogP contribution in [0.4, 0.5) is 0 Å². The number of hydrogen-bond acceptors (Lipinski definition) is 10. The van der Waals surface area contributed by atoms with E-state index in [1.165, 1.54) is 45.2 Å². The second-order valence-corrected chi connectivity index (χ2v) is 12.2. The molecule has 214 valence electrons. The van der Waals surface area contributed by atoms with Gasteiger partial charge < -0.3 is 24.2 Å². The van der Waals surface area contributed by atoms with Crippen molar-refractivity contribution in [2.24, 2.45) is 0 Å². The van der Waals surface area contributed by atoms with Crippen LogP contribution in [-0.2, 0) is 27.2 Å². The SMILES string of the molecule is CCCCCCCCCCCCOP(=O)([O-])OP(=O)(O)OCC1OC(n2cc(C)c(=O)[nH]c2=O)CC1O.[Na+]. The Morgan fingerprint density at radius 1 is 1.08 bits per heavy atom. The first kappa shape index (κ1) is 35.9. The molecule has 0 saturated carbocycles. The van der Waals surface area contributed by atoms with Crippen LogP contribution >= 0.6 is 15.6 Å². The number of aryl methyl sites for hydroxylation is 1. The second kappa shape index (κ2) is 17.6. The molecule has 0 aliphatic carbocycles. The zero-order valence-corrected chi connectivity index (χ0v) is 26.2. The van der Waals surface area contributed by atoms with Crippen LogP contribution in [0.3, 0.4) is 0 Å². The fraction of sp³-hybridized carbons (Fsp3) is 0.818. The first-order valence-corrected chi connectivity index (χ1v) is 15.7. The van der Waals surface area contributed by atoms with Gasteiger partial charge in [0.1, 0.15) is 12.3 Å². The van der Waals surface area contributed by atoms with Gasteiger partial charge in [-0.15, -0.1) is 0 Å². The Balaban J connectivity index is 0.00000722. The third-order valence-corrected chi connectivity index (χ3v) is 8.61. The number of ether oxygens (including phenoxy) is 1. The summed E-state index contributed by atoms with van der Waals surface area (Å²) in [5.41, 5.74) is -1.07. The van der Waals surface area contributed by atoms with Crippen molar-refractivity contribution in [1.82, 2.24) is 9.55 Å². The number of aliphatic hydroxyl groups excluding tert-OH is 1. The number of aromatic amines is 1. The topological polar surface area (TPSA) is 189 Å². The number of aliphatic hydroxyl groups is 1. The van der Waals surface area contributed by atoms with E-state index in [2.05, 4.69) is 20.7 Å². The predicted molar refractivity (Wildman–Crippen MR) is 133 cm³/mol. The second-order valence-electron chi connectivity index (χ2n) is 9.22. The molecule has 1 aliphatic heterocycles. The average Bonchev–Trinajstić information content (AvgIpc) is 3.18. The summed E-state index contributed by atoms with van der Waals surface area (Å²) in [5, 5.41) is 10.2. The standard InChI is InChI=1S/C22H40N2O11P2.Na/c1-3-4-5-6-7-8-9-10-11-12-13-32-36(28,29)35-37(30,31)33-16-19-18(25)14-20(34-19)24-15-17(2)21(26)23-22(24)27;/h15,18-20,25H,3-14,16H2,1-2H3,(H,28,29)(H,30,31)(H,23,26,27);/q;+1/p-1. The van der Waals surface area contributed by atoms with Gasteiger partial charge in [0.15, 0.2) is 0 Å². The van der Waals surface area contributed by atoms with Gasteiger partial charge in [-0.25, -0.2) is 13.7 Å². The molecule has 1 aromatic rings. The normalized spacial score (nSPS) is 22.5. The Kier molecular flexibility index (Phi) is 16.6. The molecule has 5 unspecified atom stereocenters. The molecule has 0 spiro atoms. The maximum Gasteiger partial charge on any atom is 1.00 e. The van der Waals surface area contributed by atoms with Gasteiger partial charge in [-0.2, -0.15) is 0 Å². The average molecular weight is 592 g/mol. The summed E-state index contributed by atoms with van der Waals surface area (Å²) < 4.78 is 44.2. The van der Waals surface area contributed by atoms with Crippen molar-refractivity contribution in [2.75, 3.05) is 13.2 Å². The third kappa shape index (κ3) is 13.0. The molecule has 2 heterocycles. The molecule has 5 atom stereocenters. The summed E-state index contributed by atoms with van der Waals surface area (Å²) in [5.74, 6) is 0. The van der Waals surface area contributed by atoms with Crippen molar-refractivity contribution in [3.8, 4) is 0 Å². The van der Waals surface area contributed by atoms with E-state index in [1.54, 1.807) is 0 Å². The van der Waals surface area contributed by atoms with Gasteiger partial charge in [-0.1, -0.05) is 64.7 Å². The van der Waals surface area contributed by atoms with Gasteiger partial charge >= 0.3 is 43.1 Å². The molecular weight excluding hydrogens is 553 g/mol. The molecule has 1 aliphatic rings. The van der Waals surface area contributed by atoms with E-state index in [0.29, 0.717) is 6.42 Å². The molecule has 3 N–H and O–H groups in total. The number of nitrogens with zero attached hydrogens (tertiary/aromatic N) is 1. The van der Waals surface area contributed by atoms with Crippen molar-refractivity contribution in [2.45, 2.75) is 103 Å². The molecule has 13 nitrogen and oxygen atoms in total. The molecule has 1 saturated heterocycles. The molecule has 2 rings (SSSR count). The first-order valence-electron chi connectivity index (χ1n) is 12.7. The molecule has 0 amide bonds. The van der Waals surface area contributed by atoms with Crippen LogP contribution in [0.5, 0.6) is 0 Å². The molecular formula is C22H39N2NaO11P2. The Morgan fingerprint density at radius 2 is 1.66 bits per heavy atom. The maximum absolute atomic E-state index is 12.1. The van der Waals surface area contributed by atoms with E-state index in [9.17, 15) is 33.6 Å². The maximum atomic E-state index is 12.1. The van der Waals surface area contributed by atoms with Crippen LogP contribution in [0.25, 0.3) is 0 Å². The molecule has 0 radical (unpaired) electrons. The van der Waals surface area contributed by atoms with Gasteiger partial charge in [-0.3, -0.25) is 23.4 Å². The number of phosphoric ester groups is 2. The zero-order valence-electron chi connectivity index (χ0n) is 22.4. The van der Waals surface area contributed by atoms with Gasteiger partial charge in [-0.05, 0) is 13.3 Å². The minimum absolute atomic E-state index is 0. The molecule has 38 heavy (non-hydrogen) atoms. The minimum Gasteiger partial charge on any atom is -0.756 e. The number of nitrogens with one attached hydrogen (secondary N) is 1. The number of hydrogen-bond donors (Lipinski definition) is 3. The number of phosphoric acid groups is 2. The molecule has 1 aromatic heterocycles. The number of aromatic nitrogens is 2. The first-order chi connectivity index (χ1) is 17.4. The van der Waals surface area contributed by atoms with E-state index in [4.69, 9.17) is 9.26 Å². The van der Waals surface area contributed by atoms with E-state index in [0.717, 1.165) is 30.3 Å². The van der Waals surface area contributed by atoms with Crippen LogP contribution in [0.1, 0.15) is 89.3 Å². The van der Waals surface area contributed by atoms with Crippen LogP contribution < -0.4 is 45.7 Å². The van der Waals surface area contributed by atoms with E-state index < -0.39 is 51.9 Å². The van der Waals surface area contributed by atoms with Crippen molar-refractivity contribution in [3.63, 3.8) is 0 Å². The molecule has 16 heteroatoms. The Morgan fingerprint density at radius 3 is 2.26 bits per heavy atom. The Hall–Kier alpha value is -0.140. The molecule has 1 fully saturated rings. The monoisotopic (exact) mass is 592 g/mol. The quantitative estimate of drug-likeness (QED) is 0.119. The third-order valence-electron chi connectivity index (χ3n) is 6.01. The summed E-state index contributed by atoms with van der Waals surface area (Å²) in [6.45, 7) is 2.79. The van der Waals surface area contributed by atoms with E-state index >= 15 is 0 Å². The van der Waals surface area contributed by atoms with Crippen molar-refractivity contribution < 1.29 is 71.7 Å². The van der Waals surface area contributed by atoms with Crippen molar-refractivity contribution in [1.29, 1.82) is 0 Å². The Labute approximate surface area is 244 Å². The van der Waals surface area contributed by atoms with Gasteiger partial charge in [0, 0.05) is 18.2 Å². The molecule has 0 aromatic carbocycles. The Bertz CT molecular complexity index is 1050. The predicted octanol–water partition coefficient (Wildman–Crippen LogP) is 0.0369. The van der Waals surface area contributed by atoms with Crippen LogP contribution in [0.15, 0.2) is 15.8 Å². The smallest absolute Gasteiger partial charge is 0.756 e. The summed E-state index contributed by atoms with van der Waals surface area (Å²) >= 11 is 0. The summed E-state index contributed by atoms with van der Waals surface area (Å²) in [6, 6.07) is 0. The van der Waals surface area contributed by atoms with Gasteiger partial charge in [0.2, 0.25) is 0 Å². The largest absolute Gasteiger partial charge is 1.00 e. The summed E-state index contributed by atoms with van der Waals surface area (Å²) in [7, 11) is -10.2. The fourth-order valence-electron chi connectivity index (χ4n) is 3.94. The fourth-order valence-corrected chi connectivity index (χ4v) is 6.02. The van der Waals surface area contributed by atoms with Crippen LogP contribution in [0, 0.1) is 6.92 Å². The molecule has 0 bridgehead atoms.